The Morgan fingerprint density at radius 2 is 1.89 bits per heavy atom. The first-order valence-corrected chi connectivity index (χ1v) is 12.4. The quantitative estimate of drug-likeness (QED) is 0.341. The minimum atomic E-state index is -4.10. The number of oxazole rings is 1. The fraction of sp³-hybridized carbons (Fsp3) is 0.304. The molecule has 0 aliphatic heterocycles. The van der Waals surface area contributed by atoms with E-state index in [-0.39, 0.29) is 33.6 Å². The molecule has 0 unspecified atom stereocenters. The Bertz CT molecular complexity index is 1350. The van der Waals surface area contributed by atoms with Gasteiger partial charge in [0.05, 0.1) is 18.0 Å². The summed E-state index contributed by atoms with van der Waals surface area (Å²) in [6, 6.07) is 9.00. The van der Waals surface area contributed by atoms with Crippen LogP contribution in [0.15, 0.2) is 51.8 Å². The molecule has 1 aliphatic rings. The van der Waals surface area contributed by atoms with Crippen LogP contribution < -0.4 is 15.6 Å². The first-order valence-electron chi connectivity index (χ1n) is 10.8. The van der Waals surface area contributed by atoms with E-state index in [0.29, 0.717) is 42.2 Å². The predicted octanol–water partition coefficient (Wildman–Crippen LogP) is 3.60. The average molecular weight is 505 g/mol. The Morgan fingerprint density at radius 1 is 1.20 bits per heavy atom. The molecule has 4 rings (SSSR count). The number of hydroxylamine groups is 2. The van der Waals surface area contributed by atoms with Crippen molar-refractivity contribution in [3.8, 4) is 28.3 Å². The monoisotopic (exact) mass is 504 g/mol. The van der Waals surface area contributed by atoms with Crippen LogP contribution >= 0.6 is 0 Å². The van der Waals surface area contributed by atoms with E-state index in [4.69, 9.17) is 20.0 Å². The van der Waals surface area contributed by atoms with E-state index in [1.807, 2.05) is 0 Å². The summed E-state index contributed by atoms with van der Waals surface area (Å²) >= 11 is 0. The molecule has 0 atom stereocenters. The van der Waals surface area contributed by atoms with Crippen molar-refractivity contribution in [2.45, 2.75) is 42.5 Å². The second kappa shape index (κ2) is 9.64. The minimum absolute atomic E-state index is 0.0466. The lowest BCUT2D eigenvalue weighted by Gasteiger charge is -2.30. The summed E-state index contributed by atoms with van der Waals surface area (Å²) in [5.74, 6) is -0.278. The van der Waals surface area contributed by atoms with Crippen LogP contribution in [0.2, 0.25) is 0 Å². The minimum Gasteiger partial charge on any atom is -0.494 e. The summed E-state index contributed by atoms with van der Waals surface area (Å²) in [5, 5.41) is 15.8. The van der Waals surface area contributed by atoms with Crippen molar-refractivity contribution < 1.29 is 32.0 Å². The van der Waals surface area contributed by atoms with Gasteiger partial charge in [0.1, 0.15) is 5.69 Å². The molecule has 0 spiro atoms. The van der Waals surface area contributed by atoms with Crippen molar-refractivity contribution in [3.63, 3.8) is 0 Å². The number of nitrogens with zero attached hydrogens (tertiary/aromatic N) is 2. The number of urea groups is 1. The van der Waals surface area contributed by atoms with Crippen molar-refractivity contribution in [1.29, 1.82) is 0 Å². The topological polar surface area (TPSA) is 162 Å². The highest BCUT2D eigenvalue weighted by atomic mass is 32.2. The summed E-state index contributed by atoms with van der Waals surface area (Å²) in [6.45, 7) is 0. The second-order valence-corrected chi connectivity index (χ2v) is 9.84. The van der Waals surface area contributed by atoms with Gasteiger partial charge in [-0.2, -0.15) is 0 Å². The average Bonchev–Trinajstić information content (AvgIpc) is 3.28. The molecule has 1 fully saturated rings. The van der Waals surface area contributed by atoms with Gasteiger partial charge in [0.15, 0.2) is 23.2 Å². The van der Waals surface area contributed by atoms with Crippen LogP contribution in [0.25, 0.3) is 22.6 Å². The molecule has 2 aromatic carbocycles. The first kappa shape index (κ1) is 24.6. The normalized spacial score (nSPS) is 18.3. The predicted molar refractivity (Wildman–Crippen MR) is 123 cm³/mol. The van der Waals surface area contributed by atoms with E-state index in [2.05, 4.69) is 4.98 Å². The van der Waals surface area contributed by atoms with E-state index >= 15 is 0 Å². The maximum atomic E-state index is 14.5. The standard InChI is InChI=1S/C23H25FN4O6S/c1-33-18-11-8-14(12-17(18)24)20-21(16-4-2-3-5-19(16)35(26,31)32)34-22(27-20)13-6-9-15(10-7-13)28(30)23(25)29/h2-5,8,11-13,15,30H,6-7,9-10H2,1H3,(H2,25,29)(H2,26,31,32). The molecule has 12 heteroatoms. The first-order chi connectivity index (χ1) is 16.6. The number of aromatic nitrogens is 1. The number of methoxy groups -OCH3 is 1. The highest BCUT2D eigenvalue weighted by Crippen LogP contribution is 2.41. The van der Waals surface area contributed by atoms with Crippen molar-refractivity contribution in [2.75, 3.05) is 7.11 Å². The van der Waals surface area contributed by atoms with E-state index < -0.39 is 27.9 Å². The van der Waals surface area contributed by atoms with Gasteiger partial charge in [0.25, 0.3) is 0 Å². The Kier molecular flexibility index (Phi) is 6.79. The molecular weight excluding hydrogens is 479 g/mol. The van der Waals surface area contributed by atoms with Gasteiger partial charge in [0, 0.05) is 17.0 Å². The van der Waals surface area contributed by atoms with Crippen LogP contribution in [0.1, 0.15) is 37.5 Å². The molecule has 0 radical (unpaired) electrons. The maximum absolute atomic E-state index is 14.5. The third-order valence-electron chi connectivity index (χ3n) is 6.12. The highest BCUT2D eigenvalue weighted by Gasteiger charge is 2.32. The molecule has 35 heavy (non-hydrogen) atoms. The Balaban J connectivity index is 1.78. The number of primary amides is 1. The second-order valence-electron chi connectivity index (χ2n) is 8.31. The number of ether oxygens (including phenoxy) is 1. The molecule has 2 amide bonds. The molecule has 0 bridgehead atoms. The third kappa shape index (κ3) is 4.99. The maximum Gasteiger partial charge on any atom is 0.338 e. The summed E-state index contributed by atoms with van der Waals surface area (Å²) in [6.07, 6.45) is 1.98. The number of rotatable bonds is 6. The number of nitrogens with two attached hydrogens (primary N) is 2. The zero-order valence-electron chi connectivity index (χ0n) is 18.8. The lowest BCUT2D eigenvalue weighted by atomic mass is 9.86. The van der Waals surface area contributed by atoms with Gasteiger partial charge in [-0.05, 0) is 56.0 Å². The Morgan fingerprint density at radius 3 is 2.49 bits per heavy atom. The Hall–Kier alpha value is -3.48. The van der Waals surface area contributed by atoms with Gasteiger partial charge in [-0.3, -0.25) is 5.21 Å². The van der Waals surface area contributed by atoms with Crippen LogP contribution in [-0.4, -0.2) is 42.9 Å². The van der Waals surface area contributed by atoms with Crippen LogP contribution in [0.4, 0.5) is 9.18 Å². The molecule has 0 saturated heterocycles. The van der Waals surface area contributed by atoms with Crippen molar-refractivity contribution in [1.82, 2.24) is 10.0 Å². The van der Waals surface area contributed by atoms with Crippen LogP contribution in [0.3, 0.4) is 0 Å². The Labute approximate surface area is 201 Å². The lowest BCUT2D eigenvalue weighted by Crippen LogP contribution is -2.42. The molecule has 1 aromatic heterocycles. The number of carbonyl (C=O) groups is 1. The molecule has 186 valence electrons. The highest BCUT2D eigenvalue weighted by molar-refractivity contribution is 7.89. The molecule has 3 aromatic rings. The van der Waals surface area contributed by atoms with E-state index in [1.54, 1.807) is 18.2 Å². The van der Waals surface area contributed by atoms with Gasteiger partial charge in [-0.15, -0.1) is 0 Å². The fourth-order valence-corrected chi connectivity index (χ4v) is 5.09. The largest absolute Gasteiger partial charge is 0.494 e. The van der Waals surface area contributed by atoms with Gasteiger partial charge in [-0.1, -0.05) is 12.1 Å². The number of amides is 2. The number of primary sulfonamides is 1. The zero-order valence-corrected chi connectivity index (χ0v) is 19.7. The number of sulfonamides is 1. The van der Waals surface area contributed by atoms with Gasteiger partial charge in [0.2, 0.25) is 10.0 Å². The molecular formula is C23H25FN4O6S. The van der Waals surface area contributed by atoms with Crippen LogP contribution in [0.5, 0.6) is 5.75 Å². The smallest absolute Gasteiger partial charge is 0.338 e. The van der Waals surface area contributed by atoms with Crippen molar-refractivity contribution >= 4 is 16.1 Å². The summed E-state index contributed by atoms with van der Waals surface area (Å²) in [5.41, 5.74) is 5.97. The number of halogens is 1. The van der Waals surface area contributed by atoms with Gasteiger partial charge >= 0.3 is 6.03 Å². The summed E-state index contributed by atoms with van der Waals surface area (Å²) in [7, 11) is -2.75. The summed E-state index contributed by atoms with van der Waals surface area (Å²) < 4.78 is 50.1. The molecule has 5 N–H and O–H groups in total. The molecule has 1 heterocycles. The number of hydrogen-bond donors (Lipinski definition) is 3. The number of benzene rings is 2. The van der Waals surface area contributed by atoms with Crippen molar-refractivity contribution in [2.24, 2.45) is 10.9 Å². The molecule has 1 saturated carbocycles. The van der Waals surface area contributed by atoms with Crippen LogP contribution in [-0.2, 0) is 10.0 Å². The number of hydrogen-bond acceptors (Lipinski definition) is 7. The van der Waals surface area contributed by atoms with Crippen LogP contribution in [0, 0.1) is 5.82 Å². The van der Waals surface area contributed by atoms with E-state index in [0.717, 1.165) is 0 Å². The van der Waals surface area contributed by atoms with Gasteiger partial charge < -0.3 is 14.9 Å². The summed E-state index contributed by atoms with van der Waals surface area (Å²) in [4.78, 5) is 15.7. The SMILES string of the molecule is COc1ccc(-c2nc(C3CCC(N(O)C(N)=O)CC3)oc2-c2ccccc2S(N)(=O)=O)cc1F. The van der Waals surface area contributed by atoms with E-state index in [1.165, 1.54) is 31.4 Å². The lowest BCUT2D eigenvalue weighted by molar-refractivity contribution is -0.0854. The third-order valence-corrected chi connectivity index (χ3v) is 7.09. The number of carbonyl (C=O) groups excluding carboxylic acids is 1. The molecule has 1 aliphatic carbocycles. The fourth-order valence-electron chi connectivity index (χ4n) is 4.35. The van der Waals surface area contributed by atoms with Crippen molar-refractivity contribution in [3.05, 3.63) is 54.2 Å². The van der Waals surface area contributed by atoms with Gasteiger partial charge in [-0.25, -0.2) is 32.8 Å². The molecule has 10 nitrogen and oxygen atoms in total. The zero-order chi connectivity index (χ0) is 25.3. The van der Waals surface area contributed by atoms with E-state index in [9.17, 15) is 22.8 Å².